The second kappa shape index (κ2) is 5.29. The van der Waals surface area contributed by atoms with E-state index >= 15 is 0 Å². The first-order valence-electron chi connectivity index (χ1n) is 7.22. The zero-order valence-electron chi connectivity index (χ0n) is 12.2. The summed E-state index contributed by atoms with van der Waals surface area (Å²) >= 11 is 0. The highest BCUT2D eigenvalue weighted by atomic mass is 15.3. The highest BCUT2D eigenvalue weighted by Crippen LogP contribution is 2.38. The lowest BCUT2D eigenvalue weighted by Gasteiger charge is -2.19. The maximum atomic E-state index is 5.76. The number of aromatic nitrogens is 2. The molecule has 0 saturated heterocycles. The molecule has 0 spiro atoms. The monoisotopic (exact) mass is 270 g/mol. The van der Waals surface area contributed by atoms with Crippen LogP contribution in [-0.4, -0.2) is 22.9 Å². The molecule has 4 heteroatoms. The summed E-state index contributed by atoms with van der Waals surface area (Å²) in [6.45, 7) is 4.86. The number of benzene rings is 1. The van der Waals surface area contributed by atoms with Crippen molar-refractivity contribution in [2.75, 3.05) is 18.0 Å². The van der Waals surface area contributed by atoms with Crippen molar-refractivity contribution in [1.82, 2.24) is 9.78 Å². The van der Waals surface area contributed by atoms with Gasteiger partial charge >= 0.3 is 0 Å². The molecule has 2 heterocycles. The van der Waals surface area contributed by atoms with Crippen LogP contribution in [0.25, 0.3) is 0 Å². The van der Waals surface area contributed by atoms with Gasteiger partial charge in [0.1, 0.15) is 0 Å². The molecule has 0 amide bonds. The normalized spacial score (nSPS) is 17.6. The van der Waals surface area contributed by atoms with E-state index in [0.717, 1.165) is 26.1 Å². The van der Waals surface area contributed by atoms with Crippen molar-refractivity contribution < 1.29 is 0 Å². The lowest BCUT2D eigenvalue weighted by Crippen LogP contribution is -2.22. The topological polar surface area (TPSA) is 47.1 Å². The number of nitrogens with two attached hydrogens (primary N) is 1. The maximum absolute atomic E-state index is 5.76. The van der Waals surface area contributed by atoms with Crippen LogP contribution in [0.15, 0.2) is 30.5 Å². The molecule has 20 heavy (non-hydrogen) atoms. The largest absolute Gasteiger partial charge is 0.366 e. The molecule has 1 aromatic carbocycles. The SMILES string of the molecule is Cc1c(CN2CC(CCN)c3ccccc32)cnn1C. The van der Waals surface area contributed by atoms with Gasteiger partial charge in [0.15, 0.2) is 0 Å². The van der Waals surface area contributed by atoms with E-state index in [1.807, 2.05) is 17.9 Å². The Balaban J connectivity index is 1.86. The van der Waals surface area contributed by atoms with Crippen molar-refractivity contribution in [2.45, 2.75) is 25.8 Å². The van der Waals surface area contributed by atoms with E-state index in [-0.39, 0.29) is 0 Å². The summed E-state index contributed by atoms with van der Waals surface area (Å²) in [4.78, 5) is 2.46. The molecule has 1 aliphatic rings. The summed E-state index contributed by atoms with van der Waals surface area (Å²) in [6.07, 6.45) is 3.04. The Labute approximate surface area is 120 Å². The van der Waals surface area contributed by atoms with Gasteiger partial charge < -0.3 is 10.6 Å². The molecular formula is C16H22N4. The average Bonchev–Trinajstić information content (AvgIpc) is 2.96. The first kappa shape index (κ1) is 13.2. The van der Waals surface area contributed by atoms with Crippen LogP contribution in [0.3, 0.4) is 0 Å². The zero-order chi connectivity index (χ0) is 14.1. The molecule has 0 saturated carbocycles. The van der Waals surface area contributed by atoms with E-state index in [4.69, 9.17) is 5.73 Å². The zero-order valence-corrected chi connectivity index (χ0v) is 12.2. The van der Waals surface area contributed by atoms with E-state index in [1.54, 1.807) is 0 Å². The third kappa shape index (κ3) is 2.20. The highest BCUT2D eigenvalue weighted by Gasteiger charge is 2.28. The Morgan fingerprint density at radius 2 is 2.15 bits per heavy atom. The Kier molecular flexibility index (Phi) is 3.49. The molecule has 0 bridgehead atoms. The summed E-state index contributed by atoms with van der Waals surface area (Å²) < 4.78 is 1.94. The first-order chi connectivity index (χ1) is 9.70. The van der Waals surface area contributed by atoms with Crippen LogP contribution < -0.4 is 10.6 Å². The highest BCUT2D eigenvalue weighted by molar-refractivity contribution is 5.60. The van der Waals surface area contributed by atoms with Gasteiger partial charge in [-0.25, -0.2) is 0 Å². The molecule has 1 aliphatic heterocycles. The minimum atomic E-state index is 0.563. The van der Waals surface area contributed by atoms with Crippen LogP contribution in [-0.2, 0) is 13.6 Å². The number of fused-ring (bicyclic) bond motifs is 1. The summed E-state index contributed by atoms with van der Waals surface area (Å²) in [5.74, 6) is 0.563. The second-order valence-electron chi connectivity index (χ2n) is 5.59. The van der Waals surface area contributed by atoms with E-state index in [9.17, 15) is 0 Å². The van der Waals surface area contributed by atoms with E-state index in [1.165, 1.54) is 22.5 Å². The number of hydrogen-bond donors (Lipinski definition) is 1. The van der Waals surface area contributed by atoms with Gasteiger partial charge in [-0.15, -0.1) is 0 Å². The summed E-state index contributed by atoms with van der Waals surface area (Å²) in [5.41, 5.74) is 11.1. The van der Waals surface area contributed by atoms with Crippen LogP contribution in [0.4, 0.5) is 5.69 Å². The minimum absolute atomic E-state index is 0.563. The van der Waals surface area contributed by atoms with Gasteiger partial charge in [0, 0.05) is 43.0 Å². The standard InChI is InChI=1S/C16H22N4/c1-12-14(9-18-19(12)2)11-20-10-13(7-8-17)15-5-3-4-6-16(15)20/h3-6,9,13H,7-8,10-11,17H2,1-2H3. The summed E-state index contributed by atoms with van der Waals surface area (Å²) in [6, 6.07) is 8.71. The maximum Gasteiger partial charge on any atom is 0.0542 e. The quantitative estimate of drug-likeness (QED) is 0.926. The van der Waals surface area contributed by atoms with Gasteiger partial charge in [0.2, 0.25) is 0 Å². The third-order valence-corrected chi connectivity index (χ3v) is 4.37. The molecule has 1 unspecified atom stereocenters. The van der Waals surface area contributed by atoms with Gasteiger partial charge in [-0.05, 0) is 31.5 Å². The number of anilines is 1. The molecule has 106 valence electrons. The molecule has 3 rings (SSSR count). The molecule has 1 aromatic heterocycles. The van der Waals surface area contributed by atoms with Crippen LogP contribution in [0.1, 0.15) is 29.2 Å². The van der Waals surface area contributed by atoms with Gasteiger partial charge in [-0.2, -0.15) is 5.10 Å². The van der Waals surface area contributed by atoms with Crippen molar-refractivity contribution >= 4 is 5.69 Å². The molecule has 2 aromatic rings. The predicted molar refractivity (Wildman–Crippen MR) is 81.8 cm³/mol. The third-order valence-electron chi connectivity index (χ3n) is 4.37. The number of para-hydroxylation sites is 1. The van der Waals surface area contributed by atoms with E-state index in [0.29, 0.717) is 5.92 Å². The lowest BCUT2D eigenvalue weighted by atomic mass is 9.98. The Bertz CT molecular complexity index is 602. The Hall–Kier alpha value is -1.81. The van der Waals surface area contributed by atoms with Crippen molar-refractivity contribution in [3.63, 3.8) is 0 Å². The second-order valence-corrected chi connectivity index (χ2v) is 5.59. The molecule has 0 fully saturated rings. The first-order valence-corrected chi connectivity index (χ1v) is 7.22. The van der Waals surface area contributed by atoms with Crippen molar-refractivity contribution in [2.24, 2.45) is 12.8 Å². The number of hydrogen-bond acceptors (Lipinski definition) is 3. The average molecular weight is 270 g/mol. The lowest BCUT2D eigenvalue weighted by molar-refractivity contribution is 0.643. The minimum Gasteiger partial charge on any atom is -0.366 e. The van der Waals surface area contributed by atoms with Crippen LogP contribution >= 0.6 is 0 Å². The molecule has 4 nitrogen and oxygen atoms in total. The molecular weight excluding hydrogens is 248 g/mol. The van der Waals surface area contributed by atoms with Crippen LogP contribution in [0.2, 0.25) is 0 Å². The summed E-state index contributed by atoms with van der Waals surface area (Å²) in [5, 5.41) is 4.34. The van der Waals surface area contributed by atoms with Crippen molar-refractivity contribution in [1.29, 1.82) is 0 Å². The number of nitrogens with zero attached hydrogens (tertiary/aromatic N) is 3. The van der Waals surface area contributed by atoms with Gasteiger partial charge in [0.25, 0.3) is 0 Å². The fraction of sp³-hybridized carbons (Fsp3) is 0.438. The fourth-order valence-electron chi connectivity index (χ4n) is 3.09. The molecule has 2 N–H and O–H groups in total. The van der Waals surface area contributed by atoms with Gasteiger partial charge in [-0.3, -0.25) is 4.68 Å². The Morgan fingerprint density at radius 3 is 2.85 bits per heavy atom. The Morgan fingerprint density at radius 1 is 1.35 bits per heavy atom. The van der Waals surface area contributed by atoms with Crippen molar-refractivity contribution in [3.8, 4) is 0 Å². The number of rotatable bonds is 4. The van der Waals surface area contributed by atoms with Crippen LogP contribution in [0, 0.1) is 6.92 Å². The van der Waals surface area contributed by atoms with Crippen LogP contribution in [0.5, 0.6) is 0 Å². The van der Waals surface area contributed by atoms with E-state index in [2.05, 4.69) is 41.2 Å². The molecule has 0 aliphatic carbocycles. The summed E-state index contributed by atoms with van der Waals surface area (Å²) in [7, 11) is 1.99. The number of aryl methyl sites for hydroxylation is 1. The molecule has 1 atom stereocenters. The predicted octanol–water partition coefficient (Wildman–Crippen LogP) is 2.18. The smallest absolute Gasteiger partial charge is 0.0542 e. The fourth-order valence-corrected chi connectivity index (χ4v) is 3.09. The van der Waals surface area contributed by atoms with Gasteiger partial charge in [-0.1, -0.05) is 18.2 Å². The van der Waals surface area contributed by atoms with Crippen molar-refractivity contribution in [3.05, 3.63) is 47.3 Å². The van der Waals surface area contributed by atoms with Gasteiger partial charge in [0.05, 0.1) is 6.20 Å². The van der Waals surface area contributed by atoms with E-state index < -0.39 is 0 Å². The molecule has 0 radical (unpaired) electrons.